The molecule has 1 aromatic rings. The molecule has 4 aliphatic rings. The lowest BCUT2D eigenvalue weighted by atomic mass is 9.72. The fourth-order valence-corrected chi connectivity index (χ4v) is 6.25. The summed E-state index contributed by atoms with van der Waals surface area (Å²) in [5.41, 5.74) is 1.09. The first kappa shape index (κ1) is 20.8. The number of sulfone groups is 1. The van der Waals surface area contributed by atoms with E-state index in [0.717, 1.165) is 57.5 Å². The van der Waals surface area contributed by atoms with Gasteiger partial charge in [-0.25, -0.2) is 13.2 Å². The van der Waals surface area contributed by atoms with Crippen molar-refractivity contribution >= 4 is 21.8 Å². The smallest absolute Gasteiger partial charge is 0.320 e. The quantitative estimate of drug-likeness (QED) is 0.750. The highest BCUT2D eigenvalue weighted by Gasteiger charge is 2.53. The molecular weight excluding hydrogens is 416 g/mol. The predicted molar refractivity (Wildman–Crippen MR) is 115 cm³/mol. The highest BCUT2D eigenvalue weighted by Crippen LogP contribution is 2.42. The average Bonchev–Trinajstić information content (AvgIpc) is 3.07. The number of nitrogens with zero attached hydrogens (tertiary/aromatic N) is 3. The Labute approximate surface area is 183 Å². The van der Waals surface area contributed by atoms with E-state index < -0.39 is 9.84 Å². The molecule has 0 radical (unpaired) electrons. The molecule has 4 fully saturated rings. The lowest BCUT2D eigenvalue weighted by molar-refractivity contribution is -0.120. The van der Waals surface area contributed by atoms with E-state index in [1.165, 1.54) is 6.26 Å². The SMILES string of the molecule is CS(=O)(=O)c1cccc(CN2CCC3(CC2)CN(C(=O)N2CC4(CCC(=O)N4)C2)C3)c1. The van der Waals surface area contributed by atoms with Gasteiger partial charge in [0.1, 0.15) is 0 Å². The van der Waals surface area contributed by atoms with E-state index >= 15 is 0 Å². The second kappa shape index (κ2) is 7.20. The molecule has 1 N–H and O–H groups in total. The lowest BCUT2D eigenvalue weighted by Crippen LogP contribution is -2.73. The van der Waals surface area contributed by atoms with Gasteiger partial charge in [-0.15, -0.1) is 0 Å². The largest absolute Gasteiger partial charge is 0.347 e. The molecule has 1 aromatic carbocycles. The Bertz CT molecular complexity index is 1000. The van der Waals surface area contributed by atoms with Gasteiger partial charge in [-0.05, 0) is 50.0 Å². The Balaban J connectivity index is 1.09. The van der Waals surface area contributed by atoms with Crippen molar-refractivity contribution in [2.24, 2.45) is 5.41 Å². The molecule has 9 heteroatoms. The maximum Gasteiger partial charge on any atom is 0.320 e. The molecule has 0 aromatic heterocycles. The molecule has 0 unspecified atom stereocenters. The molecule has 3 amide bonds. The number of urea groups is 1. The number of carbonyl (C=O) groups excluding carboxylic acids is 2. The minimum atomic E-state index is -3.19. The maximum atomic E-state index is 12.8. The topological polar surface area (TPSA) is 90.0 Å². The lowest BCUT2D eigenvalue weighted by Gasteiger charge is -2.57. The first-order valence-corrected chi connectivity index (χ1v) is 12.9. The van der Waals surface area contributed by atoms with E-state index in [1.807, 2.05) is 21.9 Å². The van der Waals surface area contributed by atoms with Crippen molar-refractivity contribution in [1.29, 1.82) is 0 Å². The first-order chi connectivity index (χ1) is 14.7. The third-order valence-corrected chi connectivity index (χ3v) is 8.58. The van der Waals surface area contributed by atoms with Crippen molar-refractivity contribution in [3.05, 3.63) is 29.8 Å². The van der Waals surface area contributed by atoms with E-state index in [1.54, 1.807) is 12.1 Å². The van der Waals surface area contributed by atoms with Gasteiger partial charge in [-0.3, -0.25) is 9.69 Å². The van der Waals surface area contributed by atoms with Crippen molar-refractivity contribution < 1.29 is 18.0 Å². The van der Waals surface area contributed by atoms with Crippen LogP contribution in [0.4, 0.5) is 4.79 Å². The highest BCUT2D eigenvalue weighted by molar-refractivity contribution is 7.90. The van der Waals surface area contributed by atoms with Crippen LogP contribution < -0.4 is 5.32 Å². The Morgan fingerprint density at radius 1 is 1.06 bits per heavy atom. The van der Waals surface area contributed by atoms with Gasteiger partial charge in [0.25, 0.3) is 0 Å². The van der Waals surface area contributed by atoms with E-state index in [4.69, 9.17) is 0 Å². The van der Waals surface area contributed by atoms with Gasteiger partial charge in [0.2, 0.25) is 5.91 Å². The number of hydrogen-bond donors (Lipinski definition) is 1. The summed E-state index contributed by atoms with van der Waals surface area (Å²) in [4.78, 5) is 30.8. The zero-order chi connectivity index (χ0) is 21.9. The Morgan fingerprint density at radius 2 is 1.74 bits per heavy atom. The zero-order valence-corrected chi connectivity index (χ0v) is 18.8. The van der Waals surface area contributed by atoms with Crippen LogP contribution in [-0.2, 0) is 21.2 Å². The number of piperidine rings is 1. The number of hydrogen-bond acceptors (Lipinski definition) is 5. The summed E-state index contributed by atoms with van der Waals surface area (Å²) >= 11 is 0. The van der Waals surface area contributed by atoms with Crippen molar-refractivity contribution in [3.63, 3.8) is 0 Å². The van der Waals surface area contributed by atoms with Crippen molar-refractivity contribution in [2.75, 3.05) is 45.5 Å². The standard InChI is InChI=1S/C22H30N4O4S/c1-31(29,30)18-4-2-3-17(11-18)12-24-9-7-21(8-10-24)13-25(14-21)20(28)26-15-22(16-26)6-5-19(27)23-22/h2-4,11H,5-10,12-16H2,1H3,(H,23,27). The van der Waals surface area contributed by atoms with Gasteiger partial charge in [0.05, 0.1) is 10.4 Å². The van der Waals surface area contributed by atoms with Crippen LogP contribution in [0.2, 0.25) is 0 Å². The molecule has 4 saturated heterocycles. The van der Waals surface area contributed by atoms with E-state index in [0.29, 0.717) is 24.4 Å². The highest BCUT2D eigenvalue weighted by atomic mass is 32.2. The predicted octanol–water partition coefficient (Wildman–Crippen LogP) is 1.07. The molecule has 8 nitrogen and oxygen atoms in total. The van der Waals surface area contributed by atoms with Gasteiger partial charge in [-0.2, -0.15) is 0 Å². The van der Waals surface area contributed by atoms with Crippen LogP contribution in [0.1, 0.15) is 31.2 Å². The minimum absolute atomic E-state index is 0.102. The Kier molecular flexibility index (Phi) is 4.82. The second-order valence-electron chi connectivity index (χ2n) is 10.0. The van der Waals surface area contributed by atoms with E-state index in [9.17, 15) is 18.0 Å². The molecule has 0 aliphatic carbocycles. The number of likely N-dealkylation sites (tertiary alicyclic amines) is 3. The van der Waals surface area contributed by atoms with Crippen LogP contribution in [-0.4, -0.2) is 86.1 Å². The molecule has 2 spiro atoms. The van der Waals surface area contributed by atoms with E-state index in [-0.39, 0.29) is 22.9 Å². The molecule has 168 valence electrons. The van der Waals surface area contributed by atoms with Gasteiger partial charge in [0.15, 0.2) is 9.84 Å². The number of carbonyl (C=O) groups is 2. The summed E-state index contributed by atoms with van der Waals surface area (Å²) < 4.78 is 23.6. The van der Waals surface area contributed by atoms with Gasteiger partial charge in [0, 0.05) is 50.8 Å². The van der Waals surface area contributed by atoms with Gasteiger partial charge in [-0.1, -0.05) is 12.1 Å². The van der Waals surface area contributed by atoms with Crippen LogP contribution in [0.15, 0.2) is 29.2 Å². The summed E-state index contributed by atoms with van der Waals surface area (Å²) in [5, 5.41) is 3.03. The molecular formula is C22H30N4O4S. The van der Waals surface area contributed by atoms with Crippen molar-refractivity contribution in [2.45, 2.75) is 42.7 Å². The third kappa shape index (κ3) is 3.93. The summed E-state index contributed by atoms with van der Waals surface area (Å²) in [7, 11) is -3.19. The molecule has 5 rings (SSSR count). The molecule has 0 atom stereocenters. The minimum Gasteiger partial charge on any atom is -0.347 e. The number of amides is 3. The van der Waals surface area contributed by atoms with Crippen LogP contribution in [0.5, 0.6) is 0 Å². The van der Waals surface area contributed by atoms with Crippen molar-refractivity contribution in [1.82, 2.24) is 20.0 Å². The molecule has 31 heavy (non-hydrogen) atoms. The van der Waals surface area contributed by atoms with Gasteiger partial charge < -0.3 is 15.1 Å². The molecule has 4 heterocycles. The van der Waals surface area contributed by atoms with Crippen LogP contribution in [0.3, 0.4) is 0 Å². The third-order valence-electron chi connectivity index (χ3n) is 7.47. The maximum absolute atomic E-state index is 12.8. The molecule has 0 bridgehead atoms. The normalized spacial score (nSPS) is 24.7. The fourth-order valence-electron chi connectivity index (χ4n) is 5.56. The van der Waals surface area contributed by atoms with Crippen LogP contribution in [0, 0.1) is 5.41 Å². The van der Waals surface area contributed by atoms with E-state index in [2.05, 4.69) is 10.2 Å². The average molecular weight is 447 g/mol. The number of rotatable bonds is 3. The molecule has 4 aliphatic heterocycles. The Hall–Kier alpha value is -2.13. The fraction of sp³-hybridized carbons (Fsp3) is 0.636. The zero-order valence-electron chi connectivity index (χ0n) is 18.0. The van der Waals surface area contributed by atoms with Gasteiger partial charge >= 0.3 is 6.03 Å². The number of benzene rings is 1. The summed E-state index contributed by atoms with van der Waals surface area (Å²) in [6.45, 7) is 5.60. The Morgan fingerprint density at radius 3 is 2.35 bits per heavy atom. The summed E-state index contributed by atoms with van der Waals surface area (Å²) in [6.07, 6.45) is 4.77. The second-order valence-corrected chi connectivity index (χ2v) is 12.0. The molecule has 0 saturated carbocycles. The van der Waals surface area contributed by atoms with Crippen LogP contribution in [0.25, 0.3) is 0 Å². The monoisotopic (exact) mass is 446 g/mol. The van der Waals surface area contributed by atoms with Crippen LogP contribution >= 0.6 is 0 Å². The number of nitrogens with one attached hydrogen (secondary N) is 1. The first-order valence-electron chi connectivity index (χ1n) is 11.0. The van der Waals surface area contributed by atoms with Crippen molar-refractivity contribution in [3.8, 4) is 0 Å². The summed E-state index contributed by atoms with van der Waals surface area (Å²) in [6, 6.07) is 7.32. The summed E-state index contributed by atoms with van der Waals surface area (Å²) in [5.74, 6) is 0.102.